The Hall–Kier alpha value is -2.20. The quantitative estimate of drug-likeness (QED) is 0.829. The second-order valence-electron chi connectivity index (χ2n) is 4.66. The average molecular weight is 287 g/mol. The molecule has 0 saturated carbocycles. The Labute approximate surface area is 125 Å². The molecule has 4 nitrogen and oxygen atoms in total. The minimum atomic E-state index is 0.636. The fourth-order valence-electron chi connectivity index (χ4n) is 2.38. The lowest BCUT2D eigenvalue weighted by atomic mass is 9.97. The van der Waals surface area contributed by atoms with E-state index < -0.39 is 0 Å². The van der Waals surface area contributed by atoms with Gasteiger partial charge in [0.25, 0.3) is 0 Å². The lowest BCUT2D eigenvalue weighted by Gasteiger charge is -2.16. The second kappa shape index (κ2) is 6.99. The van der Waals surface area contributed by atoms with Crippen molar-refractivity contribution in [2.45, 2.75) is 6.42 Å². The topological polar surface area (TPSA) is 53.7 Å². The van der Waals surface area contributed by atoms with Crippen LogP contribution in [-0.2, 0) is 11.2 Å². The highest BCUT2D eigenvalue weighted by Crippen LogP contribution is 2.41. The minimum absolute atomic E-state index is 0.636. The molecule has 0 aliphatic carbocycles. The Morgan fingerprint density at radius 2 is 1.52 bits per heavy atom. The van der Waals surface area contributed by atoms with Gasteiger partial charge >= 0.3 is 0 Å². The minimum Gasteiger partial charge on any atom is -0.496 e. The standard InChI is InChI=1S/C17H21NO3/c1-19-11-10-12-6-4-7-13(17(12)18)16-14(20-2)8-5-9-15(16)21-3/h4-9H,10-11,18H2,1-3H3. The van der Waals surface area contributed by atoms with E-state index in [1.807, 2.05) is 36.4 Å². The number of nitrogen functional groups attached to an aromatic ring is 1. The van der Waals surface area contributed by atoms with E-state index in [4.69, 9.17) is 19.9 Å². The molecular formula is C17H21NO3. The van der Waals surface area contributed by atoms with Gasteiger partial charge in [-0.25, -0.2) is 0 Å². The van der Waals surface area contributed by atoms with E-state index in [1.165, 1.54) is 0 Å². The molecule has 2 aromatic rings. The first-order chi connectivity index (χ1) is 10.2. The molecule has 0 heterocycles. The van der Waals surface area contributed by atoms with Crippen LogP contribution in [0.25, 0.3) is 11.1 Å². The van der Waals surface area contributed by atoms with Crippen molar-refractivity contribution in [3.8, 4) is 22.6 Å². The van der Waals surface area contributed by atoms with E-state index in [-0.39, 0.29) is 0 Å². The lowest BCUT2D eigenvalue weighted by molar-refractivity contribution is 0.202. The summed E-state index contributed by atoms with van der Waals surface area (Å²) in [7, 11) is 4.97. The lowest BCUT2D eigenvalue weighted by Crippen LogP contribution is -2.02. The monoisotopic (exact) mass is 287 g/mol. The Kier molecular flexibility index (Phi) is 5.06. The van der Waals surface area contributed by atoms with Gasteiger partial charge in [0, 0.05) is 18.4 Å². The maximum atomic E-state index is 6.34. The Bertz CT molecular complexity index is 589. The second-order valence-corrected chi connectivity index (χ2v) is 4.66. The smallest absolute Gasteiger partial charge is 0.130 e. The first-order valence-electron chi connectivity index (χ1n) is 6.80. The summed E-state index contributed by atoms with van der Waals surface area (Å²) in [6.45, 7) is 0.636. The first kappa shape index (κ1) is 15.2. The first-order valence-corrected chi connectivity index (χ1v) is 6.80. The maximum Gasteiger partial charge on any atom is 0.130 e. The van der Waals surface area contributed by atoms with Gasteiger partial charge in [-0.2, -0.15) is 0 Å². The third kappa shape index (κ3) is 3.11. The Morgan fingerprint density at radius 1 is 0.905 bits per heavy atom. The van der Waals surface area contributed by atoms with Gasteiger partial charge in [0.15, 0.2) is 0 Å². The van der Waals surface area contributed by atoms with Crippen molar-refractivity contribution in [1.82, 2.24) is 0 Å². The van der Waals surface area contributed by atoms with Gasteiger partial charge < -0.3 is 19.9 Å². The molecule has 0 aromatic heterocycles. The summed E-state index contributed by atoms with van der Waals surface area (Å²) in [6, 6.07) is 11.7. The number of ether oxygens (including phenoxy) is 3. The van der Waals surface area contributed by atoms with Crippen LogP contribution < -0.4 is 15.2 Å². The Balaban J connectivity index is 2.56. The summed E-state index contributed by atoms with van der Waals surface area (Å²) in [6.07, 6.45) is 0.771. The van der Waals surface area contributed by atoms with Crippen molar-refractivity contribution in [2.75, 3.05) is 33.7 Å². The molecule has 0 unspecified atom stereocenters. The van der Waals surface area contributed by atoms with Crippen LogP contribution in [0.4, 0.5) is 5.69 Å². The molecule has 2 rings (SSSR count). The normalized spacial score (nSPS) is 10.4. The highest BCUT2D eigenvalue weighted by atomic mass is 16.5. The zero-order valence-corrected chi connectivity index (χ0v) is 12.7. The summed E-state index contributed by atoms with van der Waals surface area (Å²) in [5.74, 6) is 1.48. The van der Waals surface area contributed by atoms with Crippen LogP contribution in [0.2, 0.25) is 0 Å². The number of hydrogen-bond donors (Lipinski definition) is 1. The number of methoxy groups -OCH3 is 3. The van der Waals surface area contributed by atoms with Gasteiger partial charge in [0.2, 0.25) is 0 Å². The van der Waals surface area contributed by atoms with E-state index in [0.717, 1.165) is 40.3 Å². The van der Waals surface area contributed by atoms with Crippen LogP contribution >= 0.6 is 0 Å². The Morgan fingerprint density at radius 3 is 2.10 bits per heavy atom. The van der Waals surface area contributed by atoms with E-state index in [0.29, 0.717) is 6.61 Å². The third-order valence-corrected chi connectivity index (χ3v) is 3.47. The van der Waals surface area contributed by atoms with Gasteiger partial charge in [0.05, 0.1) is 26.4 Å². The van der Waals surface area contributed by atoms with Gasteiger partial charge in [-0.15, -0.1) is 0 Å². The fourth-order valence-corrected chi connectivity index (χ4v) is 2.38. The van der Waals surface area contributed by atoms with Crippen LogP contribution in [0, 0.1) is 0 Å². The predicted octanol–water partition coefficient (Wildman–Crippen LogP) is 3.14. The van der Waals surface area contributed by atoms with Crippen molar-refractivity contribution >= 4 is 5.69 Å². The summed E-state index contributed by atoms with van der Waals surface area (Å²) >= 11 is 0. The summed E-state index contributed by atoms with van der Waals surface area (Å²) in [4.78, 5) is 0. The SMILES string of the molecule is COCCc1cccc(-c2c(OC)cccc2OC)c1N. The van der Waals surface area contributed by atoms with Crippen molar-refractivity contribution < 1.29 is 14.2 Å². The van der Waals surface area contributed by atoms with Gasteiger partial charge in [-0.1, -0.05) is 24.3 Å². The molecular weight excluding hydrogens is 266 g/mol. The van der Waals surface area contributed by atoms with Crippen LogP contribution in [0.1, 0.15) is 5.56 Å². The van der Waals surface area contributed by atoms with Crippen molar-refractivity contribution in [3.63, 3.8) is 0 Å². The molecule has 0 spiro atoms. The van der Waals surface area contributed by atoms with E-state index in [9.17, 15) is 0 Å². The maximum absolute atomic E-state index is 6.34. The predicted molar refractivity (Wildman–Crippen MR) is 85.0 cm³/mol. The highest BCUT2D eigenvalue weighted by molar-refractivity contribution is 5.86. The average Bonchev–Trinajstić information content (AvgIpc) is 2.53. The number of para-hydroxylation sites is 1. The molecule has 0 radical (unpaired) electrons. The molecule has 112 valence electrons. The number of anilines is 1. The van der Waals surface area contributed by atoms with Gasteiger partial charge in [0.1, 0.15) is 11.5 Å². The third-order valence-electron chi connectivity index (χ3n) is 3.47. The van der Waals surface area contributed by atoms with Crippen LogP contribution in [0.3, 0.4) is 0 Å². The number of benzene rings is 2. The summed E-state index contributed by atoms with van der Waals surface area (Å²) in [5, 5.41) is 0. The largest absolute Gasteiger partial charge is 0.496 e. The number of hydrogen-bond acceptors (Lipinski definition) is 4. The zero-order chi connectivity index (χ0) is 15.2. The molecule has 2 aromatic carbocycles. The molecule has 0 aliphatic rings. The molecule has 0 atom stereocenters. The van der Waals surface area contributed by atoms with Crippen LogP contribution in [0.15, 0.2) is 36.4 Å². The van der Waals surface area contributed by atoms with E-state index in [2.05, 4.69) is 0 Å². The molecule has 0 amide bonds. The van der Waals surface area contributed by atoms with Gasteiger partial charge in [-0.3, -0.25) is 0 Å². The number of nitrogens with two attached hydrogens (primary N) is 1. The van der Waals surface area contributed by atoms with E-state index >= 15 is 0 Å². The molecule has 4 heteroatoms. The number of rotatable bonds is 6. The molecule has 0 saturated heterocycles. The van der Waals surface area contributed by atoms with E-state index in [1.54, 1.807) is 21.3 Å². The summed E-state index contributed by atoms with van der Waals surface area (Å²) < 4.78 is 16.0. The molecule has 0 aliphatic heterocycles. The molecule has 0 bridgehead atoms. The summed E-state index contributed by atoms with van der Waals surface area (Å²) in [5.41, 5.74) is 9.92. The van der Waals surface area contributed by atoms with Crippen LogP contribution in [0.5, 0.6) is 11.5 Å². The van der Waals surface area contributed by atoms with Gasteiger partial charge in [-0.05, 0) is 24.1 Å². The molecule has 2 N–H and O–H groups in total. The molecule has 0 fully saturated rings. The van der Waals surface area contributed by atoms with Crippen molar-refractivity contribution in [1.29, 1.82) is 0 Å². The molecule has 21 heavy (non-hydrogen) atoms. The zero-order valence-electron chi connectivity index (χ0n) is 12.7. The van der Waals surface area contributed by atoms with Crippen molar-refractivity contribution in [3.05, 3.63) is 42.0 Å². The van der Waals surface area contributed by atoms with Crippen LogP contribution in [-0.4, -0.2) is 27.9 Å². The fraction of sp³-hybridized carbons (Fsp3) is 0.294. The van der Waals surface area contributed by atoms with Crippen molar-refractivity contribution in [2.24, 2.45) is 0 Å². The highest BCUT2D eigenvalue weighted by Gasteiger charge is 2.16.